The van der Waals surface area contributed by atoms with Crippen LogP contribution in [0.4, 0.5) is 5.82 Å². The molecule has 1 saturated heterocycles. The summed E-state index contributed by atoms with van der Waals surface area (Å²) < 4.78 is 10.7. The van der Waals surface area contributed by atoms with Crippen molar-refractivity contribution < 1.29 is 9.26 Å². The summed E-state index contributed by atoms with van der Waals surface area (Å²) >= 11 is 0. The summed E-state index contributed by atoms with van der Waals surface area (Å²) in [7, 11) is 1.69. The van der Waals surface area contributed by atoms with Gasteiger partial charge in [0.05, 0.1) is 12.6 Å². The normalized spacial score (nSPS) is 21.2. The Morgan fingerprint density at radius 3 is 2.86 bits per heavy atom. The Kier molecular flexibility index (Phi) is 6.54. The molecule has 2 aliphatic rings. The molecule has 2 aromatic heterocycles. The van der Waals surface area contributed by atoms with Crippen LogP contribution in [0.1, 0.15) is 56.9 Å². The van der Waals surface area contributed by atoms with Gasteiger partial charge >= 0.3 is 0 Å². The van der Waals surface area contributed by atoms with Gasteiger partial charge in [0.1, 0.15) is 5.82 Å². The number of ether oxygens (including phenoxy) is 1. The third-order valence-electron chi connectivity index (χ3n) is 5.94. The van der Waals surface area contributed by atoms with E-state index >= 15 is 0 Å². The second-order valence-electron chi connectivity index (χ2n) is 7.96. The molecule has 2 fully saturated rings. The van der Waals surface area contributed by atoms with Gasteiger partial charge in [-0.1, -0.05) is 24.4 Å². The first-order chi connectivity index (χ1) is 13.8. The Morgan fingerprint density at radius 1 is 1.18 bits per heavy atom. The summed E-state index contributed by atoms with van der Waals surface area (Å²) in [6, 6.07) is 4.18. The van der Waals surface area contributed by atoms with Crippen LogP contribution >= 0.6 is 0 Å². The first kappa shape index (κ1) is 19.3. The minimum absolute atomic E-state index is 0.270. The molecule has 7 nitrogen and oxygen atoms in total. The molecule has 1 saturated carbocycles. The number of nitrogens with zero attached hydrogens (tertiary/aromatic N) is 4. The largest absolute Gasteiger partial charge is 0.383 e. The van der Waals surface area contributed by atoms with Crippen LogP contribution in [0.5, 0.6) is 0 Å². The van der Waals surface area contributed by atoms with Crippen LogP contribution < -0.4 is 5.32 Å². The van der Waals surface area contributed by atoms with Crippen molar-refractivity contribution in [2.45, 2.75) is 51.0 Å². The minimum Gasteiger partial charge on any atom is -0.383 e. The highest BCUT2D eigenvalue weighted by Crippen LogP contribution is 2.35. The van der Waals surface area contributed by atoms with E-state index in [1.807, 2.05) is 12.1 Å². The molecule has 0 unspecified atom stereocenters. The van der Waals surface area contributed by atoms with Crippen LogP contribution in [0.15, 0.2) is 22.9 Å². The van der Waals surface area contributed by atoms with E-state index in [0.717, 1.165) is 42.7 Å². The van der Waals surface area contributed by atoms with E-state index in [9.17, 15) is 0 Å². The number of aromatic nitrogens is 3. The maximum Gasteiger partial charge on any atom is 0.244 e. The van der Waals surface area contributed by atoms with E-state index in [0.29, 0.717) is 12.4 Å². The molecule has 2 aromatic rings. The predicted molar refractivity (Wildman–Crippen MR) is 108 cm³/mol. The first-order valence-corrected chi connectivity index (χ1v) is 10.6. The molecule has 0 radical (unpaired) electrons. The van der Waals surface area contributed by atoms with Crippen molar-refractivity contribution in [2.24, 2.45) is 5.92 Å². The number of rotatable bonds is 8. The van der Waals surface area contributed by atoms with Crippen molar-refractivity contribution in [3.05, 3.63) is 24.2 Å². The highest BCUT2D eigenvalue weighted by molar-refractivity contribution is 5.55. The number of anilines is 1. The van der Waals surface area contributed by atoms with Crippen LogP contribution in [0, 0.1) is 5.92 Å². The van der Waals surface area contributed by atoms with Crippen molar-refractivity contribution in [1.82, 2.24) is 20.0 Å². The van der Waals surface area contributed by atoms with Gasteiger partial charge in [0.2, 0.25) is 11.7 Å². The molecule has 1 N–H and O–H groups in total. The maximum absolute atomic E-state index is 5.67. The number of methoxy groups -OCH3 is 1. The highest BCUT2D eigenvalue weighted by Gasteiger charge is 2.32. The van der Waals surface area contributed by atoms with E-state index in [2.05, 4.69) is 20.4 Å². The summed E-state index contributed by atoms with van der Waals surface area (Å²) in [6.45, 7) is 3.69. The predicted octanol–water partition coefficient (Wildman–Crippen LogP) is 3.91. The van der Waals surface area contributed by atoms with Gasteiger partial charge in [-0.25, -0.2) is 4.98 Å². The van der Waals surface area contributed by atoms with Crippen molar-refractivity contribution in [3.8, 4) is 11.4 Å². The first-order valence-electron chi connectivity index (χ1n) is 10.6. The summed E-state index contributed by atoms with van der Waals surface area (Å²) in [6.07, 6.45) is 11.0. The lowest BCUT2D eigenvalue weighted by atomic mass is 9.89. The van der Waals surface area contributed by atoms with Gasteiger partial charge in [0, 0.05) is 32.0 Å². The van der Waals surface area contributed by atoms with Crippen molar-refractivity contribution in [2.75, 3.05) is 38.7 Å². The van der Waals surface area contributed by atoms with Crippen LogP contribution in [0.25, 0.3) is 11.4 Å². The van der Waals surface area contributed by atoms with Gasteiger partial charge in [-0.15, -0.1) is 0 Å². The lowest BCUT2D eigenvalue weighted by Gasteiger charge is -2.29. The summed E-state index contributed by atoms with van der Waals surface area (Å²) in [5.41, 5.74) is 0.879. The zero-order valence-corrected chi connectivity index (χ0v) is 16.8. The van der Waals surface area contributed by atoms with E-state index in [4.69, 9.17) is 14.2 Å². The third-order valence-corrected chi connectivity index (χ3v) is 5.94. The standard InChI is InChI=1S/C21H31N5O2/c1-27-13-11-22-19-10-9-17(14-23-19)20-24-21(28-25-20)18-8-5-12-26(18)15-16-6-3-2-4-7-16/h9-10,14,16,18H,2-8,11-13,15H2,1H3,(H,22,23)/t18-/m1/s1. The molecular formula is C21H31N5O2. The van der Waals surface area contributed by atoms with E-state index < -0.39 is 0 Å². The molecule has 4 rings (SSSR count). The molecule has 3 heterocycles. The van der Waals surface area contributed by atoms with Gasteiger partial charge in [-0.05, 0) is 50.3 Å². The number of pyridine rings is 1. The quantitative estimate of drug-likeness (QED) is 0.690. The number of nitrogens with one attached hydrogen (secondary N) is 1. The van der Waals surface area contributed by atoms with E-state index in [-0.39, 0.29) is 6.04 Å². The number of hydrogen-bond acceptors (Lipinski definition) is 7. The maximum atomic E-state index is 5.67. The van der Waals surface area contributed by atoms with Gasteiger partial charge in [-0.2, -0.15) is 4.98 Å². The average Bonchev–Trinajstić information content (AvgIpc) is 3.39. The van der Waals surface area contributed by atoms with Gasteiger partial charge in [0.15, 0.2) is 0 Å². The minimum atomic E-state index is 0.270. The number of hydrogen-bond donors (Lipinski definition) is 1. The second kappa shape index (κ2) is 9.47. The zero-order valence-electron chi connectivity index (χ0n) is 16.8. The van der Waals surface area contributed by atoms with E-state index in [1.54, 1.807) is 13.3 Å². The lowest BCUT2D eigenvalue weighted by molar-refractivity contribution is 0.163. The highest BCUT2D eigenvalue weighted by atomic mass is 16.5. The SMILES string of the molecule is COCCNc1ccc(-c2noc([C@H]3CCCN3CC3CCCCC3)n2)cn1. The molecule has 0 aromatic carbocycles. The zero-order chi connectivity index (χ0) is 19.2. The smallest absolute Gasteiger partial charge is 0.244 e. The van der Waals surface area contributed by atoms with Crippen LogP contribution in [-0.2, 0) is 4.74 Å². The number of likely N-dealkylation sites (tertiary alicyclic amines) is 1. The summed E-state index contributed by atoms with van der Waals surface area (Å²) in [4.78, 5) is 11.7. The average molecular weight is 386 g/mol. The Morgan fingerprint density at radius 2 is 2.07 bits per heavy atom. The second-order valence-corrected chi connectivity index (χ2v) is 7.96. The monoisotopic (exact) mass is 385 g/mol. The van der Waals surface area contributed by atoms with Gasteiger partial charge < -0.3 is 14.6 Å². The fraction of sp³-hybridized carbons (Fsp3) is 0.667. The molecule has 0 bridgehead atoms. The van der Waals surface area contributed by atoms with Crippen molar-refractivity contribution in [1.29, 1.82) is 0 Å². The fourth-order valence-electron chi connectivity index (χ4n) is 4.43. The summed E-state index contributed by atoms with van der Waals surface area (Å²) in [5, 5.41) is 7.44. The van der Waals surface area contributed by atoms with Crippen molar-refractivity contribution >= 4 is 5.82 Å². The van der Waals surface area contributed by atoms with Crippen LogP contribution in [0.2, 0.25) is 0 Å². The molecule has 0 amide bonds. The molecule has 1 atom stereocenters. The molecule has 0 spiro atoms. The van der Waals surface area contributed by atoms with Gasteiger partial charge in [0.25, 0.3) is 0 Å². The lowest BCUT2D eigenvalue weighted by Crippen LogP contribution is -2.30. The Bertz CT molecular complexity index is 727. The molecule has 152 valence electrons. The molecule has 1 aliphatic carbocycles. The Labute approximate surface area is 166 Å². The third kappa shape index (κ3) is 4.70. The Balaban J connectivity index is 1.39. The molecule has 1 aliphatic heterocycles. The summed E-state index contributed by atoms with van der Waals surface area (Å²) in [5.74, 6) is 3.03. The molecule has 7 heteroatoms. The van der Waals surface area contributed by atoms with Crippen LogP contribution in [0.3, 0.4) is 0 Å². The Hall–Kier alpha value is -1.99. The van der Waals surface area contributed by atoms with E-state index in [1.165, 1.54) is 45.1 Å². The molecule has 28 heavy (non-hydrogen) atoms. The van der Waals surface area contributed by atoms with Gasteiger partial charge in [-0.3, -0.25) is 4.90 Å². The fourth-order valence-corrected chi connectivity index (χ4v) is 4.43. The van der Waals surface area contributed by atoms with Crippen molar-refractivity contribution in [3.63, 3.8) is 0 Å². The molecular weight excluding hydrogens is 354 g/mol. The van der Waals surface area contributed by atoms with Crippen LogP contribution in [-0.4, -0.2) is 53.4 Å². The topological polar surface area (TPSA) is 76.3 Å².